The van der Waals surface area contributed by atoms with Crippen molar-refractivity contribution >= 4 is 56.2 Å². The van der Waals surface area contributed by atoms with Gasteiger partial charge in [0, 0.05) is 30.4 Å². The summed E-state index contributed by atoms with van der Waals surface area (Å²) in [5, 5.41) is 11.2. The summed E-state index contributed by atoms with van der Waals surface area (Å²) in [5.41, 5.74) is -0.201. The van der Waals surface area contributed by atoms with Crippen molar-refractivity contribution in [2.45, 2.75) is 71.6 Å². The average Bonchev–Trinajstić information content (AvgIpc) is 3.40. The van der Waals surface area contributed by atoms with E-state index in [1.165, 1.54) is 4.90 Å². The van der Waals surface area contributed by atoms with Crippen LogP contribution in [0.15, 0.2) is 24.4 Å². The molecule has 0 atom stereocenters. The standard InChI is InChI=1S/C28H39N7O5S/c1-27(2,3)39-25(37)31-23-21(22(36)29-18-9-10-20-17(15-18)16-34(8)32-20)30-24(41-23)35(26(38)40-28(4,5)6)19-11-13-33(7)14-12-19/h9-10,15-16,19H,11-14H2,1-8H3,(H,29,36)(H,31,37). The monoisotopic (exact) mass is 585 g/mol. The van der Waals surface area contributed by atoms with E-state index >= 15 is 0 Å². The normalized spacial score (nSPS) is 15.0. The van der Waals surface area contributed by atoms with Crippen LogP contribution in [0.3, 0.4) is 0 Å². The second-order valence-corrected chi connectivity index (χ2v) is 13.2. The van der Waals surface area contributed by atoms with Gasteiger partial charge in [-0.2, -0.15) is 5.10 Å². The second kappa shape index (κ2) is 11.6. The molecule has 0 aliphatic carbocycles. The van der Waals surface area contributed by atoms with Crippen LogP contribution in [-0.4, -0.2) is 75.1 Å². The highest BCUT2D eigenvalue weighted by Gasteiger charge is 2.35. The predicted octanol–water partition coefficient (Wildman–Crippen LogP) is 5.46. The van der Waals surface area contributed by atoms with Crippen LogP contribution in [0, 0.1) is 0 Å². The van der Waals surface area contributed by atoms with Crippen molar-refractivity contribution in [2.24, 2.45) is 7.05 Å². The first kappa shape index (κ1) is 30.3. The molecule has 222 valence electrons. The first-order chi connectivity index (χ1) is 19.1. The molecule has 1 aromatic carbocycles. The van der Waals surface area contributed by atoms with Gasteiger partial charge in [0.05, 0.1) is 5.52 Å². The third-order valence-corrected chi connectivity index (χ3v) is 7.14. The lowest BCUT2D eigenvalue weighted by Gasteiger charge is -2.36. The Labute approximate surface area is 244 Å². The minimum absolute atomic E-state index is 0.0383. The van der Waals surface area contributed by atoms with Crippen LogP contribution in [-0.2, 0) is 16.5 Å². The van der Waals surface area contributed by atoms with Gasteiger partial charge >= 0.3 is 12.2 Å². The van der Waals surface area contributed by atoms with Crippen molar-refractivity contribution in [3.8, 4) is 0 Å². The number of thiazole rings is 1. The first-order valence-electron chi connectivity index (χ1n) is 13.5. The van der Waals surface area contributed by atoms with Crippen molar-refractivity contribution in [1.29, 1.82) is 0 Å². The number of rotatable bonds is 5. The van der Waals surface area contributed by atoms with Crippen LogP contribution >= 0.6 is 11.3 Å². The van der Waals surface area contributed by atoms with Gasteiger partial charge in [0.25, 0.3) is 5.91 Å². The number of carbonyl (C=O) groups is 3. The number of nitrogens with one attached hydrogen (secondary N) is 2. The van der Waals surface area contributed by atoms with E-state index < -0.39 is 29.3 Å². The number of hydrogen-bond donors (Lipinski definition) is 2. The Bertz CT molecular complexity index is 1430. The molecule has 1 fully saturated rings. The lowest BCUT2D eigenvalue weighted by Crippen LogP contribution is -2.48. The zero-order valence-corrected chi connectivity index (χ0v) is 25.7. The Morgan fingerprint density at radius 1 is 1.00 bits per heavy atom. The predicted molar refractivity (Wildman–Crippen MR) is 160 cm³/mol. The number of anilines is 3. The minimum Gasteiger partial charge on any atom is -0.444 e. The summed E-state index contributed by atoms with van der Waals surface area (Å²) in [6, 6.07) is 5.17. The fraction of sp³-hybridized carbons (Fsp3) is 0.536. The SMILES string of the molecule is CN1CCC(N(C(=O)OC(C)(C)C)c2nc(C(=O)Nc3ccc4nn(C)cc4c3)c(NC(=O)OC(C)(C)C)s2)CC1. The molecule has 1 saturated heterocycles. The molecule has 3 amide bonds. The van der Waals surface area contributed by atoms with Crippen LogP contribution in [0.1, 0.15) is 64.9 Å². The zero-order chi connectivity index (χ0) is 30.1. The van der Waals surface area contributed by atoms with Gasteiger partial charge in [-0.3, -0.25) is 14.8 Å². The molecule has 3 heterocycles. The summed E-state index contributed by atoms with van der Waals surface area (Å²) in [6.07, 6.45) is 1.97. The van der Waals surface area contributed by atoms with Crippen LogP contribution in [0.2, 0.25) is 0 Å². The van der Waals surface area contributed by atoms with Gasteiger partial charge in [-0.1, -0.05) is 11.3 Å². The molecule has 0 saturated carbocycles. The number of carbonyl (C=O) groups excluding carboxylic acids is 3. The highest BCUT2D eigenvalue weighted by Crippen LogP contribution is 2.36. The number of benzene rings is 1. The molecule has 13 heteroatoms. The molecule has 12 nitrogen and oxygen atoms in total. The lowest BCUT2D eigenvalue weighted by atomic mass is 10.0. The topological polar surface area (TPSA) is 131 Å². The number of aryl methyl sites for hydroxylation is 1. The molecule has 3 aromatic rings. The van der Waals surface area contributed by atoms with Crippen LogP contribution < -0.4 is 15.5 Å². The molecule has 2 aromatic heterocycles. The summed E-state index contributed by atoms with van der Waals surface area (Å²) in [5.74, 6) is -0.547. The maximum absolute atomic E-state index is 13.6. The number of nitrogens with zero attached hydrogens (tertiary/aromatic N) is 5. The van der Waals surface area contributed by atoms with Gasteiger partial charge in [-0.15, -0.1) is 0 Å². The van der Waals surface area contributed by atoms with Crippen LogP contribution in [0.25, 0.3) is 10.9 Å². The van der Waals surface area contributed by atoms with Gasteiger partial charge in [-0.25, -0.2) is 19.5 Å². The van der Waals surface area contributed by atoms with Gasteiger partial charge < -0.3 is 19.7 Å². The molecule has 1 aliphatic heterocycles. The summed E-state index contributed by atoms with van der Waals surface area (Å²) in [4.78, 5) is 48.1. The number of hydrogen-bond acceptors (Lipinski definition) is 9. The van der Waals surface area contributed by atoms with Gasteiger partial charge in [0.15, 0.2) is 10.8 Å². The molecule has 2 N–H and O–H groups in total. The quantitative estimate of drug-likeness (QED) is 0.403. The number of amides is 3. The van der Waals surface area contributed by atoms with Gasteiger partial charge in [-0.05, 0) is 92.7 Å². The maximum atomic E-state index is 13.6. The number of likely N-dealkylation sites (tertiary alicyclic amines) is 1. The highest BCUT2D eigenvalue weighted by atomic mass is 32.1. The summed E-state index contributed by atoms with van der Waals surface area (Å²) in [7, 11) is 3.86. The molecular formula is C28H39N7O5S. The fourth-order valence-corrected chi connectivity index (χ4v) is 5.42. The Hall–Kier alpha value is -3.71. The van der Waals surface area contributed by atoms with E-state index in [2.05, 4.69) is 25.6 Å². The molecule has 0 spiro atoms. The largest absolute Gasteiger partial charge is 0.444 e. The molecule has 0 unspecified atom stereocenters. The van der Waals surface area contributed by atoms with E-state index in [1.807, 2.05) is 26.4 Å². The third-order valence-electron chi connectivity index (χ3n) is 6.17. The maximum Gasteiger partial charge on any atom is 0.416 e. The summed E-state index contributed by atoms with van der Waals surface area (Å²) < 4.78 is 12.9. The Morgan fingerprint density at radius 3 is 2.29 bits per heavy atom. The molecular weight excluding hydrogens is 546 g/mol. The number of piperidine rings is 1. The molecule has 4 rings (SSSR count). The lowest BCUT2D eigenvalue weighted by molar-refractivity contribution is 0.0549. The van der Waals surface area contributed by atoms with Crippen molar-refractivity contribution in [2.75, 3.05) is 35.7 Å². The van der Waals surface area contributed by atoms with Crippen molar-refractivity contribution in [3.05, 3.63) is 30.1 Å². The van der Waals surface area contributed by atoms with Crippen LogP contribution in [0.4, 0.5) is 25.4 Å². The minimum atomic E-state index is -0.754. The fourth-order valence-electron chi connectivity index (χ4n) is 4.41. The zero-order valence-electron chi connectivity index (χ0n) is 24.9. The summed E-state index contributed by atoms with van der Waals surface area (Å²) >= 11 is 1.03. The number of fused-ring (bicyclic) bond motifs is 1. The van der Waals surface area contributed by atoms with E-state index in [0.29, 0.717) is 18.5 Å². The van der Waals surface area contributed by atoms with E-state index in [0.717, 1.165) is 35.3 Å². The van der Waals surface area contributed by atoms with Crippen molar-refractivity contribution in [1.82, 2.24) is 19.7 Å². The third kappa shape index (κ3) is 7.94. The molecule has 0 bridgehead atoms. The Balaban J connectivity index is 1.70. The van der Waals surface area contributed by atoms with Crippen molar-refractivity contribution < 1.29 is 23.9 Å². The molecule has 1 aliphatic rings. The number of ether oxygens (including phenoxy) is 2. The van der Waals surface area contributed by atoms with Crippen molar-refractivity contribution in [3.63, 3.8) is 0 Å². The Kier molecular flexibility index (Phi) is 8.59. The van der Waals surface area contributed by atoms with E-state index in [-0.39, 0.29) is 21.9 Å². The first-order valence-corrected chi connectivity index (χ1v) is 14.4. The highest BCUT2D eigenvalue weighted by molar-refractivity contribution is 7.20. The second-order valence-electron chi connectivity index (χ2n) is 12.2. The average molecular weight is 586 g/mol. The van der Waals surface area contributed by atoms with E-state index in [9.17, 15) is 14.4 Å². The smallest absolute Gasteiger partial charge is 0.416 e. The van der Waals surface area contributed by atoms with E-state index in [4.69, 9.17) is 9.47 Å². The molecule has 41 heavy (non-hydrogen) atoms. The van der Waals surface area contributed by atoms with E-state index in [1.54, 1.807) is 58.4 Å². The Morgan fingerprint density at radius 2 is 1.66 bits per heavy atom. The number of aromatic nitrogens is 3. The van der Waals surface area contributed by atoms with Crippen LogP contribution in [0.5, 0.6) is 0 Å². The van der Waals surface area contributed by atoms with Gasteiger partial charge in [0.1, 0.15) is 16.2 Å². The van der Waals surface area contributed by atoms with Gasteiger partial charge in [0.2, 0.25) is 0 Å². The molecule has 0 radical (unpaired) electrons. The summed E-state index contributed by atoms with van der Waals surface area (Å²) in [6.45, 7) is 12.2.